The highest BCUT2D eigenvalue weighted by Crippen LogP contribution is 2.43. The smallest absolute Gasteiger partial charge is 0.416 e. The first-order valence-corrected chi connectivity index (χ1v) is 9.02. The summed E-state index contributed by atoms with van der Waals surface area (Å²) in [6, 6.07) is 15.2. The third-order valence-corrected chi connectivity index (χ3v) is 5.00. The standard InChI is InChI=1S/C21H24F3NO/c1-25-20(17-9-10-17,15-5-8-16-6-3-2-4-7-16)26-19-13-11-18(12-14-19)21(22,23)24/h2-4,6-7,11-14,17,25H,5,8-10,15H2,1H3. The van der Waals surface area contributed by atoms with Crippen molar-refractivity contribution in [3.63, 3.8) is 0 Å². The summed E-state index contributed by atoms with van der Waals surface area (Å²) in [6.07, 6.45) is 0.532. The minimum Gasteiger partial charge on any atom is -0.473 e. The van der Waals surface area contributed by atoms with Gasteiger partial charge in [-0.05, 0) is 62.6 Å². The highest BCUT2D eigenvalue weighted by molar-refractivity contribution is 5.29. The highest BCUT2D eigenvalue weighted by atomic mass is 19.4. The fraction of sp³-hybridized carbons (Fsp3) is 0.429. The van der Waals surface area contributed by atoms with Crippen molar-refractivity contribution in [3.8, 4) is 5.75 Å². The summed E-state index contributed by atoms with van der Waals surface area (Å²) >= 11 is 0. The number of alkyl halides is 3. The Morgan fingerprint density at radius 2 is 1.65 bits per heavy atom. The summed E-state index contributed by atoms with van der Waals surface area (Å²) in [7, 11) is 1.87. The van der Waals surface area contributed by atoms with Gasteiger partial charge in [0.15, 0.2) is 5.72 Å². The molecule has 0 aliphatic heterocycles. The van der Waals surface area contributed by atoms with Crippen LogP contribution in [0.1, 0.15) is 36.8 Å². The summed E-state index contributed by atoms with van der Waals surface area (Å²) < 4.78 is 44.4. The van der Waals surface area contributed by atoms with Gasteiger partial charge in [0.05, 0.1) is 5.56 Å². The molecule has 3 rings (SSSR count). The van der Waals surface area contributed by atoms with Crippen LogP contribution in [0.3, 0.4) is 0 Å². The lowest BCUT2D eigenvalue weighted by atomic mass is 9.98. The molecule has 2 aromatic rings. The number of ether oxygens (including phenoxy) is 1. The Labute approximate surface area is 152 Å². The molecule has 1 aliphatic rings. The first kappa shape index (κ1) is 18.8. The van der Waals surface area contributed by atoms with Crippen LogP contribution in [0.5, 0.6) is 5.75 Å². The molecular formula is C21H24F3NO. The van der Waals surface area contributed by atoms with E-state index in [4.69, 9.17) is 4.74 Å². The zero-order chi connectivity index (χ0) is 18.6. The molecule has 2 nitrogen and oxygen atoms in total. The Balaban J connectivity index is 1.67. The van der Waals surface area contributed by atoms with Crippen LogP contribution in [-0.4, -0.2) is 12.8 Å². The Bertz CT molecular complexity index is 695. The molecule has 0 spiro atoms. The van der Waals surface area contributed by atoms with Gasteiger partial charge < -0.3 is 4.74 Å². The van der Waals surface area contributed by atoms with Crippen LogP contribution in [0.2, 0.25) is 0 Å². The van der Waals surface area contributed by atoms with Crippen molar-refractivity contribution in [2.75, 3.05) is 7.05 Å². The molecule has 1 saturated carbocycles. The van der Waals surface area contributed by atoms with Gasteiger partial charge in [-0.15, -0.1) is 0 Å². The van der Waals surface area contributed by atoms with E-state index >= 15 is 0 Å². The van der Waals surface area contributed by atoms with Gasteiger partial charge in [-0.25, -0.2) is 0 Å². The fourth-order valence-corrected chi connectivity index (χ4v) is 3.39. The topological polar surface area (TPSA) is 21.3 Å². The largest absolute Gasteiger partial charge is 0.473 e. The predicted molar refractivity (Wildman–Crippen MR) is 96.0 cm³/mol. The van der Waals surface area contributed by atoms with Gasteiger partial charge in [-0.2, -0.15) is 13.2 Å². The van der Waals surface area contributed by atoms with Crippen molar-refractivity contribution in [2.45, 2.75) is 44.0 Å². The normalized spacial score (nSPS) is 16.9. The summed E-state index contributed by atoms with van der Waals surface area (Å²) in [5.41, 5.74) is 0.104. The number of rotatable bonds is 8. The van der Waals surface area contributed by atoms with Gasteiger partial charge in [0.1, 0.15) is 5.75 Å². The van der Waals surface area contributed by atoms with Crippen molar-refractivity contribution in [1.29, 1.82) is 0 Å². The average molecular weight is 363 g/mol. The second kappa shape index (κ2) is 7.70. The third kappa shape index (κ3) is 4.58. The van der Waals surface area contributed by atoms with Crippen molar-refractivity contribution >= 4 is 0 Å². The van der Waals surface area contributed by atoms with Gasteiger partial charge in [-0.3, -0.25) is 5.32 Å². The van der Waals surface area contributed by atoms with Crippen LogP contribution in [0, 0.1) is 5.92 Å². The number of benzene rings is 2. The van der Waals surface area contributed by atoms with Gasteiger partial charge in [0.2, 0.25) is 0 Å². The molecule has 1 unspecified atom stereocenters. The number of halogens is 3. The first-order chi connectivity index (χ1) is 12.4. The molecule has 0 amide bonds. The van der Waals surface area contributed by atoms with Crippen LogP contribution in [-0.2, 0) is 12.6 Å². The molecule has 5 heteroatoms. The third-order valence-electron chi connectivity index (χ3n) is 5.00. The molecule has 140 valence electrons. The van der Waals surface area contributed by atoms with Gasteiger partial charge in [0, 0.05) is 12.3 Å². The van der Waals surface area contributed by atoms with E-state index in [1.807, 2.05) is 25.2 Å². The SMILES string of the molecule is CNC(CCCc1ccccc1)(Oc1ccc(C(F)(F)F)cc1)C1CC1. The molecule has 1 atom stereocenters. The van der Waals surface area contributed by atoms with Crippen molar-refractivity contribution < 1.29 is 17.9 Å². The summed E-state index contributed by atoms with van der Waals surface area (Å²) in [5.74, 6) is 0.865. The first-order valence-electron chi connectivity index (χ1n) is 9.02. The van der Waals surface area contributed by atoms with Crippen molar-refractivity contribution in [2.24, 2.45) is 5.92 Å². The number of aryl methyl sites for hydroxylation is 1. The second-order valence-corrected chi connectivity index (χ2v) is 6.88. The molecule has 1 aliphatic carbocycles. The number of nitrogens with one attached hydrogen (secondary N) is 1. The summed E-state index contributed by atoms with van der Waals surface area (Å²) in [4.78, 5) is 0. The van der Waals surface area contributed by atoms with Gasteiger partial charge in [0.25, 0.3) is 0 Å². The maximum atomic E-state index is 12.7. The van der Waals surface area contributed by atoms with E-state index in [1.54, 1.807) is 0 Å². The molecule has 0 bridgehead atoms. The fourth-order valence-electron chi connectivity index (χ4n) is 3.39. The molecule has 0 heterocycles. The number of hydrogen-bond donors (Lipinski definition) is 1. The van der Waals surface area contributed by atoms with E-state index in [0.717, 1.165) is 44.2 Å². The minimum atomic E-state index is -4.33. The maximum absolute atomic E-state index is 12.7. The molecule has 1 N–H and O–H groups in total. The Morgan fingerprint density at radius 3 is 2.19 bits per heavy atom. The van der Waals surface area contributed by atoms with E-state index in [1.165, 1.54) is 17.7 Å². The lowest BCUT2D eigenvalue weighted by Gasteiger charge is -2.35. The quantitative estimate of drug-likeness (QED) is 0.631. The van der Waals surface area contributed by atoms with Crippen molar-refractivity contribution in [1.82, 2.24) is 5.32 Å². The van der Waals surface area contributed by atoms with Crippen molar-refractivity contribution in [3.05, 3.63) is 65.7 Å². The van der Waals surface area contributed by atoms with Crippen LogP contribution >= 0.6 is 0 Å². The summed E-state index contributed by atoms with van der Waals surface area (Å²) in [5, 5.41) is 3.31. The van der Waals surface area contributed by atoms with Crippen LogP contribution in [0.25, 0.3) is 0 Å². The molecule has 0 aromatic heterocycles. The van der Waals surface area contributed by atoms with E-state index in [2.05, 4.69) is 17.4 Å². The van der Waals surface area contributed by atoms with E-state index in [-0.39, 0.29) is 0 Å². The van der Waals surface area contributed by atoms with E-state index in [9.17, 15) is 13.2 Å². The van der Waals surface area contributed by atoms with E-state index < -0.39 is 17.5 Å². The molecular weight excluding hydrogens is 339 g/mol. The molecule has 0 saturated heterocycles. The highest BCUT2D eigenvalue weighted by Gasteiger charge is 2.46. The van der Waals surface area contributed by atoms with Crippen LogP contribution < -0.4 is 10.1 Å². The van der Waals surface area contributed by atoms with Gasteiger partial charge in [-0.1, -0.05) is 30.3 Å². The molecule has 26 heavy (non-hydrogen) atoms. The summed E-state index contributed by atoms with van der Waals surface area (Å²) in [6.45, 7) is 0. The van der Waals surface area contributed by atoms with Gasteiger partial charge >= 0.3 is 6.18 Å². The zero-order valence-electron chi connectivity index (χ0n) is 14.9. The molecule has 0 radical (unpaired) electrons. The van der Waals surface area contributed by atoms with Crippen LogP contribution in [0.15, 0.2) is 54.6 Å². The average Bonchev–Trinajstić information content (AvgIpc) is 3.47. The van der Waals surface area contributed by atoms with Crippen LogP contribution in [0.4, 0.5) is 13.2 Å². The predicted octanol–water partition coefficient (Wildman–Crippen LogP) is 5.43. The minimum absolute atomic E-state index is 0.394. The monoisotopic (exact) mass is 363 g/mol. The zero-order valence-corrected chi connectivity index (χ0v) is 14.9. The lowest BCUT2D eigenvalue weighted by Crippen LogP contribution is -2.50. The maximum Gasteiger partial charge on any atom is 0.416 e. The van der Waals surface area contributed by atoms with E-state index in [0.29, 0.717) is 11.7 Å². The Morgan fingerprint density at radius 1 is 1.00 bits per heavy atom. The molecule has 2 aromatic carbocycles. The second-order valence-electron chi connectivity index (χ2n) is 6.88. The lowest BCUT2D eigenvalue weighted by molar-refractivity contribution is -0.137. The Hall–Kier alpha value is -2.01. The molecule has 1 fully saturated rings. The number of hydrogen-bond acceptors (Lipinski definition) is 2. The Kier molecular flexibility index (Phi) is 5.56.